The molecule has 28 heavy (non-hydrogen) atoms. The predicted molar refractivity (Wildman–Crippen MR) is 113 cm³/mol. The molecule has 0 unspecified atom stereocenters. The Morgan fingerprint density at radius 3 is 2.61 bits per heavy atom. The first-order chi connectivity index (χ1) is 13.3. The van der Waals surface area contributed by atoms with E-state index < -0.39 is 10.0 Å². The lowest BCUT2D eigenvalue weighted by atomic mass is 10.2. The van der Waals surface area contributed by atoms with E-state index >= 15 is 0 Å². The third-order valence-corrected chi connectivity index (χ3v) is 7.00. The van der Waals surface area contributed by atoms with Crippen LogP contribution in [0.3, 0.4) is 0 Å². The molecule has 0 atom stereocenters. The normalized spacial score (nSPS) is 15.2. The van der Waals surface area contributed by atoms with E-state index in [9.17, 15) is 8.42 Å². The van der Waals surface area contributed by atoms with Crippen LogP contribution >= 0.6 is 23.2 Å². The number of sulfonamides is 1. The van der Waals surface area contributed by atoms with E-state index in [-0.39, 0.29) is 9.92 Å². The highest BCUT2D eigenvalue weighted by Gasteiger charge is 2.22. The van der Waals surface area contributed by atoms with Gasteiger partial charge in [0.05, 0.1) is 22.7 Å². The molecule has 0 bridgehead atoms. The average Bonchev–Trinajstić information content (AvgIpc) is 3.12. The zero-order chi connectivity index (χ0) is 19.9. The standard InChI is InChI=1S/C19H19Cl2N3O3S/c1-12-8-18(16(21)11-15(12)20)28(25,26)23-14-9-13-2-7-27-19(13)17(10-14)24-5-3-22-4-6-24/h2,7-11,22-23H,3-6H2,1H3. The van der Waals surface area contributed by atoms with Gasteiger partial charge in [-0.15, -0.1) is 0 Å². The monoisotopic (exact) mass is 439 g/mol. The number of hydrogen-bond donors (Lipinski definition) is 2. The van der Waals surface area contributed by atoms with Crippen LogP contribution in [0.4, 0.5) is 11.4 Å². The van der Waals surface area contributed by atoms with Crippen molar-refractivity contribution in [1.82, 2.24) is 5.32 Å². The maximum Gasteiger partial charge on any atom is 0.263 e. The summed E-state index contributed by atoms with van der Waals surface area (Å²) in [5, 5.41) is 4.63. The van der Waals surface area contributed by atoms with E-state index in [4.69, 9.17) is 27.6 Å². The molecule has 1 aromatic heterocycles. The molecule has 0 amide bonds. The third kappa shape index (κ3) is 3.67. The first-order valence-corrected chi connectivity index (χ1v) is 11.0. The van der Waals surface area contributed by atoms with E-state index in [0.29, 0.717) is 16.3 Å². The number of aryl methyl sites for hydroxylation is 1. The van der Waals surface area contributed by atoms with Gasteiger partial charge in [-0.1, -0.05) is 23.2 Å². The number of halogens is 2. The SMILES string of the molecule is Cc1cc(S(=O)(=O)Nc2cc(N3CCNCC3)c3occc3c2)c(Cl)cc1Cl. The summed E-state index contributed by atoms with van der Waals surface area (Å²) in [5.41, 5.74) is 2.69. The first-order valence-electron chi connectivity index (χ1n) is 8.80. The number of hydrogen-bond acceptors (Lipinski definition) is 5. The molecule has 3 aromatic rings. The third-order valence-electron chi connectivity index (χ3n) is 4.74. The van der Waals surface area contributed by atoms with E-state index in [0.717, 1.165) is 42.8 Å². The van der Waals surface area contributed by atoms with E-state index in [1.54, 1.807) is 25.3 Å². The minimum atomic E-state index is -3.88. The van der Waals surface area contributed by atoms with Crippen LogP contribution in [0.1, 0.15) is 5.56 Å². The molecule has 0 aliphatic carbocycles. The van der Waals surface area contributed by atoms with Gasteiger partial charge in [0.2, 0.25) is 0 Å². The second kappa shape index (κ2) is 7.48. The molecule has 1 aliphatic rings. The van der Waals surface area contributed by atoms with Crippen LogP contribution in [-0.2, 0) is 10.0 Å². The van der Waals surface area contributed by atoms with Crippen molar-refractivity contribution in [3.63, 3.8) is 0 Å². The van der Waals surface area contributed by atoms with Crippen molar-refractivity contribution < 1.29 is 12.8 Å². The largest absolute Gasteiger partial charge is 0.462 e. The molecule has 6 nitrogen and oxygen atoms in total. The number of nitrogens with zero attached hydrogens (tertiary/aromatic N) is 1. The van der Waals surface area contributed by atoms with E-state index in [1.165, 1.54) is 12.1 Å². The molecular weight excluding hydrogens is 421 g/mol. The summed E-state index contributed by atoms with van der Waals surface area (Å²) in [7, 11) is -3.88. The highest BCUT2D eigenvalue weighted by molar-refractivity contribution is 7.92. The molecule has 2 N–H and O–H groups in total. The van der Waals surface area contributed by atoms with Gasteiger partial charge in [0.15, 0.2) is 5.58 Å². The fourth-order valence-corrected chi connectivity index (χ4v) is 5.18. The number of rotatable bonds is 4. The molecule has 4 rings (SSSR count). The average molecular weight is 440 g/mol. The van der Waals surface area contributed by atoms with Crippen LogP contribution in [0, 0.1) is 6.92 Å². The molecule has 0 saturated carbocycles. The summed E-state index contributed by atoms with van der Waals surface area (Å²) in [5.74, 6) is 0. The Labute approximate surface area is 173 Å². The van der Waals surface area contributed by atoms with Crippen molar-refractivity contribution in [2.45, 2.75) is 11.8 Å². The second-order valence-electron chi connectivity index (χ2n) is 6.71. The lowest BCUT2D eigenvalue weighted by Gasteiger charge is -2.29. The highest BCUT2D eigenvalue weighted by atomic mass is 35.5. The molecule has 1 aliphatic heterocycles. The molecule has 2 aromatic carbocycles. The lowest BCUT2D eigenvalue weighted by Crippen LogP contribution is -2.43. The topological polar surface area (TPSA) is 74.6 Å². The van der Waals surface area contributed by atoms with Gasteiger partial charge >= 0.3 is 0 Å². The van der Waals surface area contributed by atoms with Crippen LogP contribution < -0.4 is 14.9 Å². The van der Waals surface area contributed by atoms with Crippen LogP contribution in [0.25, 0.3) is 11.0 Å². The Bertz CT molecular complexity index is 1140. The van der Waals surface area contributed by atoms with E-state index in [2.05, 4.69) is 14.9 Å². The highest BCUT2D eigenvalue weighted by Crippen LogP contribution is 2.34. The number of furan rings is 1. The van der Waals surface area contributed by atoms with E-state index in [1.807, 2.05) is 6.07 Å². The van der Waals surface area contributed by atoms with Crippen molar-refractivity contribution in [3.05, 3.63) is 52.2 Å². The first kappa shape index (κ1) is 19.4. The van der Waals surface area contributed by atoms with Gasteiger partial charge in [-0.2, -0.15) is 0 Å². The Morgan fingerprint density at radius 2 is 1.86 bits per heavy atom. The molecule has 148 valence electrons. The number of nitrogens with one attached hydrogen (secondary N) is 2. The molecule has 1 saturated heterocycles. The second-order valence-corrected chi connectivity index (χ2v) is 9.17. The van der Waals surface area contributed by atoms with Crippen molar-refractivity contribution in [2.75, 3.05) is 35.8 Å². The van der Waals surface area contributed by atoms with Gasteiger partial charge in [-0.05, 0) is 42.8 Å². The summed E-state index contributed by atoms with van der Waals surface area (Å²) in [4.78, 5) is 2.17. The molecule has 0 spiro atoms. The summed E-state index contributed by atoms with van der Waals surface area (Å²) in [6.45, 7) is 5.08. The van der Waals surface area contributed by atoms with Gasteiger partial charge in [0, 0.05) is 36.6 Å². The van der Waals surface area contributed by atoms with Gasteiger partial charge in [-0.3, -0.25) is 4.72 Å². The van der Waals surface area contributed by atoms with Crippen LogP contribution in [0.2, 0.25) is 10.0 Å². The zero-order valence-electron chi connectivity index (χ0n) is 15.1. The van der Waals surface area contributed by atoms with Crippen molar-refractivity contribution >= 4 is 55.6 Å². The molecule has 2 heterocycles. The smallest absolute Gasteiger partial charge is 0.263 e. The Kier molecular flexibility index (Phi) is 5.18. The lowest BCUT2D eigenvalue weighted by molar-refractivity contribution is 0.579. The summed E-state index contributed by atoms with van der Waals surface area (Å²) < 4.78 is 34.2. The van der Waals surface area contributed by atoms with Crippen molar-refractivity contribution in [1.29, 1.82) is 0 Å². The van der Waals surface area contributed by atoms with Gasteiger partial charge in [0.25, 0.3) is 10.0 Å². The Balaban J connectivity index is 1.74. The van der Waals surface area contributed by atoms with Crippen LogP contribution in [0.5, 0.6) is 0 Å². The number of piperazine rings is 1. The Morgan fingerprint density at radius 1 is 1.11 bits per heavy atom. The summed E-state index contributed by atoms with van der Waals surface area (Å²) >= 11 is 12.2. The minimum Gasteiger partial charge on any atom is -0.462 e. The fourth-order valence-electron chi connectivity index (χ4n) is 3.31. The van der Waals surface area contributed by atoms with Crippen molar-refractivity contribution in [2.24, 2.45) is 0 Å². The van der Waals surface area contributed by atoms with Crippen LogP contribution in [0.15, 0.2) is 45.9 Å². The van der Waals surface area contributed by atoms with Gasteiger partial charge < -0.3 is 14.6 Å². The number of anilines is 2. The number of fused-ring (bicyclic) bond motifs is 1. The quantitative estimate of drug-likeness (QED) is 0.634. The molecule has 9 heteroatoms. The summed E-state index contributed by atoms with van der Waals surface area (Å²) in [6, 6.07) is 8.28. The molecule has 0 radical (unpaired) electrons. The minimum absolute atomic E-state index is 0.00733. The maximum atomic E-state index is 13.0. The fraction of sp³-hybridized carbons (Fsp3) is 0.263. The molecular formula is C19H19Cl2N3O3S. The van der Waals surface area contributed by atoms with Gasteiger partial charge in [-0.25, -0.2) is 8.42 Å². The van der Waals surface area contributed by atoms with Crippen LogP contribution in [-0.4, -0.2) is 34.6 Å². The number of benzene rings is 2. The van der Waals surface area contributed by atoms with Crippen molar-refractivity contribution in [3.8, 4) is 0 Å². The zero-order valence-corrected chi connectivity index (χ0v) is 17.5. The predicted octanol–water partition coefficient (Wildman–Crippen LogP) is 4.26. The summed E-state index contributed by atoms with van der Waals surface area (Å²) in [6.07, 6.45) is 1.61. The maximum absolute atomic E-state index is 13.0. The molecule has 1 fully saturated rings. The van der Waals surface area contributed by atoms with Gasteiger partial charge in [0.1, 0.15) is 4.90 Å². The Hall–Kier alpha value is -1.93.